The third-order valence-corrected chi connectivity index (χ3v) is 4.36. The van der Waals surface area contributed by atoms with Crippen LogP contribution in [0.4, 0.5) is 0 Å². The lowest BCUT2D eigenvalue weighted by atomic mass is 10.1. The fourth-order valence-electron chi connectivity index (χ4n) is 2.44. The largest absolute Gasteiger partial charge is 0.376 e. The van der Waals surface area contributed by atoms with Gasteiger partial charge >= 0.3 is 0 Å². The van der Waals surface area contributed by atoms with Crippen molar-refractivity contribution in [1.29, 1.82) is 0 Å². The zero-order chi connectivity index (χ0) is 12.1. The van der Waals surface area contributed by atoms with Crippen LogP contribution in [0.1, 0.15) is 26.2 Å². The van der Waals surface area contributed by atoms with Gasteiger partial charge in [-0.05, 0) is 30.8 Å². The Hall–Kier alpha value is -0.420. The second-order valence-electron chi connectivity index (χ2n) is 4.63. The van der Waals surface area contributed by atoms with E-state index in [0.29, 0.717) is 18.1 Å². The summed E-state index contributed by atoms with van der Waals surface area (Å²) in [6.45, 7) is 4.90. The summed E-state index contributed by atoms with van der Waals surface area (Å²) in [5, 5.41) is 0. The fraction of sp³-hybridized carbons (Fsp3) is 0.917. The van der Waals surface area contributed by atoms with Crippen LogP contribution in [0, 0.1) is 0 Å². The summed E-state index contributed by atoms with van der Waals surface area (Å²) < 4.78 is 5.68. The van der Waals surface area contributed by atoms with Gasteiger partial charge in [0.15, 0.2) is 5.96 Å². The molecule has 4 nitrogen and oxygen atoms in total. The zero-order valence-corrected chi connectivity index (χ0v) is 11.4. The lowest BCUT2D eigenvalue weighted by molar-refractivity contribution is 0.0850. The molecule has 2 rings (SSSR count). The maximum absolute atomic E-state index is 5.97. The number of aliphatic imine (C=N–C) groups is 1. The van der Waals surface area contributed by atoms with E-state index in [9.17, 15) is 0 Å². The van der Waals surface area contributed by atoms with Crippen LogP contribution in [-0.2, 0) is 4.74 Å². The van der Waals surface area contributed by atoms with Gasteiger partial charge in [-0.3, -0.25) is 4.99 Å². The molecule has 2 aliphatic rings. The SMILES string of the molecule is CCSCCC1CN=C(N)N1CC1CCCO1. The topological polar surface area (TPSA) is 50.8 Å². The molecule has 2 aliphatic heterocycles. The van der Waals surface area contributed by atoms with Crippen LogP contribution in [-0.4, -0.2) is 54.2 Å². The molecule has 98 valence electrons. The molecule has 0 spiro atoms. The predicted octanol–water partition coefficient (Wildman–Crippen LogP) is 1.31. The van der Waals surface area contributed by atoms with E-state index in [1.54, 1.807) is 0 Å². The molecule has 0 aliphatic carbocycles. The van der Waals surface area contributed by atoms with Gasteiger partial charge in [-0.2, -0.15) is 11.8 Å². The highest BCUT2D eigenvalue weighted by Gasteiger charge is 2.29. The second-order valence-corrected chi connectivity index (χ2v) is 6.02. The van der Waals surface area contributed by atoms with Crippen molar-refractivity contribution in [2.75, 3.05) is 31.2 Å². The highest BCUT2D eigenvalue weighted by Crippen LogP contribution is 2.19. The molecule has 1 fully saturated rings. The molecule has 0 aromatic heterocycles. The molecular weight excluding hydrogens is 234 g/mol. The van der Waals surface area contributed by atoms with E-state index in [4.69, 9.17) is 10.5 Å². The minimum Gasteiger partial charge on any atom is -0.376 e. The molecule has 0 amide bonds. The zero-order valence-electron chi connectivity index (χ0n) is 10.6. The highest BCUT2D eigenvalue weighted by atomic mass is 32.2. The number of rotatable bonds is 6. The van der Waals surface area contributed by atoms with Crippen molar-refractivity contribution < 1.29 is 4.74 Å². The lowest BCUT2D eigenvalue weighted by Crippen LogP contribution is -2.45. The van der Waals surface area contributed by atoms with Crippen LogP contribution >= 0.6 is 11.8 Å². The van der Waals surface area contributed by atoms with Gasteiger partial charge in [0.2, 0.25) is 0 Å². The quantitative estimate of drug-likeness (QED) is 0.729. The minimum absolute atomic E-state index is 0.364. The van der Waals surface area contributed by atoms with Gasteiger partial charge in [-0.15, -0.1) is 0 Å². The molecule has 1 saturated heterocycles. The van der Waals surface area contributed by atoms with Crippen LogP contribution in [0.15, 0.2) is 4.99 Å². The first-order valence-corrected chi connectivity index (χ1v) is 7.72. The molecule has 2 heterocycles. The van der Waals surface area contributed by atoms with Gasteiger partial charge in [0.25, 0.3) is 0 Å². The second kappa shape index (κ2) is 6.50. The van der Waals surface area contributed by atoms with E-state index in [2.05, 4.69) is 16.8 Å². The van der Waals surface area contributed by atoms with Crippen LogP contribution < -0.4 is 5.73 Å². The van der Waals surface area contributed by atoms with Gasteiger partial charge in [-0.25, -0.2) is 0 Å². The molecule has 5 heteroatoms. The standard InChI is InChI=1S/C12H23N3OS/c1-2-17-7-5-10-8-14-12(13)15(10)9-11-4-3-6-16-11/h10-11H,2-9H2,1H3,(H2,13,14). The van der Waals surface area contributed by atoms with Gasteiger partial charge in [0, 0.05) is 13.2 Å². The Bertz CT molecular complexity index is 266. The maximum Gasteiger partial charge on any atom is 0.191 e. The third-order valence-electron chi connectivity index (χ3n) is 3.42. The first-order valence-electron chi connectivity index (χ1n) is 6.57. The molecule has 0 saturated carbocycles. The molecular formula is C12H23N3OS. The molecule has 0 radical (unpaired) electrons. The van der Waals surface area contributed by atoms with Gasteiger partial charge < -0.3 is 15.4 Å². The normalized spacial score (nSPS) is 28.8. The molecule has 2 atom stereocenters. The smallest absolute Gasteiger partial charge is 0.191 e. The van der Waals surface area contributed by atoms with E-state index in [1.807, 2.05) is 11.8 Å². The Morgan fingerprint density at radius 2 is 2.47 bits per heavy atom. The Labute approximate surface area is 108 Å². The van der Waals surface area contributed by atoms with Crippen molar-refractivity contribution in [3.63, 3.8) is 0 Å². The Morgan fingerprint density at radius 3 is 3.18 bits per heavy atom. The Balaban J connectivity index is 1.80. The summed E-state index contributed by atoms with van der Waals surface area (Å²) in [7, 11) is 0. The van der Waals surface area contributed by atoms with Crippen molar-refractivity contribution in [3.8, 4) is 0 Å². The average Bonchev–Trinajstić information content (AvgIpc) is 2.94. The first kappa shape index (κ1) is 13.0. The van der Waals surface area contributed by atoms with Crippen molar-refractivity contribution in [2.45, 2.75) is 38.3 Å². The molecule has 0 aromatic rings. The van der Waals surface area contributed by atoms with Gasteiger partial charge in [0.1, 0.15) is 0 Å². The summed E-state index contributed by atoms with van der Waals surface area (Å²) >= 11 is 1.99. The van der Waals surface area contributed by atoms with Crippen LogP contribution in [0.25, 0.3) is 0 Å². The molecule has 2 unspecified atom stereocenters. The number of hydrogen-bond acceptors (Lipinski definition) is 5. The number of nitrogens with zero attached hydrogens (tertiary/aromatic N) is 2. The van der Waals surface area contributed by atoms with Crippen LogP contribution in [0.3, 0.4) is 0 Å². The summed E-state index contributed by atoms with van der Waals surface area (Å²) in [4.78, 5) is 6.63. The number of ether oxygens (including phenoxy) is 1. The van der Waals surface area contributed by atoms with Crippen molar-refractivity contribution in [2.24, 2.45) is 10.7 Å². The Morgan fingerprint density at radius 1 is 1.59 bits per heavy atom. The summed E-state index contributed by atoms with van der Waals surface area (Å²) in [6.07, 6.45) is 3.89. The van der Waals surface area contributed by atoms with E-state index in [-0.39, 0.29) is 0 Å². The number of thioether (sulfide) groups is 1. The number of hydrogen-bond donors (Lipinski definition) is 1. The van der Waals surface area contributed by atoms with Crippen molar-refractivity contribution in [3.05, 3.63) is 0 Å². The van der Waals surface area contributed by atoms with E-state index in [0.717, 1.165) is 19.7 Å². The Kier molecular flexibility index (Phi) is 4.98. The lowest BCUT2D eigenvalue weighted by Gasteiger charge is -2.28. The summed E-state index contributed by atoms with van der Waals surface area (Å²) in [5.41, 5.74) is 5.97. The number of nitrogens with two attached hydrogens (primary N) is 1. The summed E-state index contributed by atoms with van der Waals surface area (Å²) in [6, 6.07) is 0.498. The highest BCUT2D eigenvalue weighted by molar-refractivity contribution is 7.99. The molecule has 0 bridgehead atoms. The third kappa shape index (κ3) is 3.52. The fourth-order valence-corrected chi connectivity index (χ4v) is 3.16. The van der Waals surface area contributed by atoms with Crippen LogP contribution in [0.5, 0.6) is 0 Å². The van der Waals surface area contributed by atoms with E-state index < -0.39 is 0 Å². The van der Waals surface area contributed by atoms with Crippen molar-refractivity contribution in [1.82, 2.24) is 4.90 Å². The minimum atomic E-state index is 0.364. The average molecular weight is 257 g/mol. The maximum atomic E-state index is 5.97. The van der Waals surface area contributed by atoms with E-state index >= 15 is 0 Å². The predicted molar refractivity (Wildman–Crippen MR) is 73.6 cm³/mol. The van der Waals surface area contributed by atoms with Crippen LogP contribution in [0.2, 0.25) is 0 Å². The monoisotopic (exact) mass is 257 g/mol. The van der Waals surface area contributed by atoms with Crippen molar-refractivity contribution >= 4 is 17.7 Å². The summed E-state index contributed by atoms with van der Waals surface area (Å²) in [5.74, 6) is 3.10. The molecule has 0 aromatic carbocycles. The molecule has 2 N–H and O–H groups in total. The van der Waals surface area contributed by atoms with E-state index in [1.165, 1.54) is 30.8 Å². The molecule has 17 heavy (non-hydrogen) atoms. The van der Waals surface area contributed by atoms with Gasteiger partial charge in [-0.1, -0.05) is 6.92 Å². The van der Waals surface area contributed by atoms with Gasteiger partial charge in [0.05, 0.1) is 18.7 Å². The number of guanidine groups is 1. The first-order chi connectivity index (χ1) is 8.31.